The maximum absolute atomic E-state index is 6.05. The molecule has 0 atom stereocenters. The molecule has 0 radical (unpaired) electrons. The normalized spacial score (nSPS) is 28.5. The van der Waals surface area contributed by atoms with Crippen LogP contribution in [0.4, 0.5) is 0 Å². The van der Waals surface area contributed by atoms with Crippen LogP contribution in [0.25, 0.3) is 0 Å². The largest absolute Gasteiger partial charge is 0.490 e. The Hall–Kier alpha value is -0.145. The first-order chi connectivity index (χ1) is 7.86. The predicted octanol–water partition coefficient (Wildman–Crippen LogP) is 2.54. The van der Waals surface area contributed by atoms with E-state index < -0.39 is 0 Å². The molecule has 0 N–H and O–H groups in total. The highest BCUT2D eigenvalue weighted by molar-refractivity contribution is 7.33. The molecule has 0 amide bonds. The van der Waals surface area contributed by atoms with Crippen LogP contribution < -0.4 is 0 Å². The fraction of sp³-hybridized carbons (Fsp3) is 0.750. The zero-order chi connectivity index (χ0) is 12.7. The predicted molar refractivity (Wildman–Crippen MR) is 74.4 cm³/mol. The van der Waals surface area contributed by atoms with Crippen molar-refractivity contribution in [3.63, 3.8) is 0 Å². The fourth-order valence-corrected chi connectivity index (χ4v) is 2.45. The number of hydrogen-bond acceptors (Lipinski definition) is 3. The van der Waals surface area contributed by atoms with Crippen molar-refractivity contribution < 1.29 is 9.31 Å². The molecule has 2 heterocycles. The van der Waals surface area contributed by atoms with E-state index in [4.69, 9.17) is 9.31 Å². The van der Waals surface area contributed by atoms with Crippen molar-refractivity contribution in [2.24, 2.45) is 0 Å². The molecular formula is C12H21BNO2P. The summed E-state index contributed by atoms with van der Waals surface area (Å²) in [6, 6.07) is 0. The molecule has 94 valence electrons. The van der Waals surface area contributed by atoms with Crippen molar-refractivity contribution in [3.8, 4) is 0 Å². The van der Waals surface area contributed by atoms with Crippen molar-refractivity contribution in [3.05, 3.63) is 11.5 Å². The summed E-state index contributed by atoms with van der Waals surface area (Å²) < 4.78 is 14.4. The average Bonchev–Trinajstić information content (AvgIpc) is 2.48. The Balaban J connectivity index is 2.07. The zero-order valence-corrected chi connectivity index (χ0v) is 12.1. The van der Waals surface area contributed by atoms with E-state index in [1.165, 1.54) is 5.47 Å². The summed E-state index contributed by atoms with van der Waals surface area (Å²) in [6.07, 6.45) is 7.12. The molecule has 2 aliphatic rings. The first-order valence-corrected chi connectivity index (χ1v) is 7.15. The molecule has 1 fully saturated rings. The van der Waals surface area contributed by atoms with Gasteiger partial charge in [0, 0.05) is 13.1 Å². The molecule has 0 aliphatic carbocycles. The minimum Gasteiger partial charge on any atom is -0.400 e. The first kappa shape index (κ1) is 13.3. The van der Waals surface area contributed by atoms with Crippen LogP contribution in [-0.2, 0) is 9.31 Å². The molecule has 0 saturated carbocycles. The van der Waals surface area contributed by atoms with Gasteiger partial charge in [-0.2, -0.15) is 0 Å². The summed E-state index contributed by atoms with van der Waals surface area (Å²) in [5.74, 6) is 0. The lowest BCUT2D eigenvalue weighted by Crippen LogP contribution is -2.41. The number of rotatable bonds is 2. The van der Waals surface area contributed by atoms with E-state index in [9.17, 15) is 0 Å². The smallest absolute Gasteiger partial charge is 0.400 e. The van der Waals surface area contributed by atoms with Crippen LogP contribution in [0.5, 0.6) is 0 Å². The summed E-state index contributed by atoms with van der Waals surface area (Å²) in [6.45, 7) is 10.4. The van der Waals surface area contributed by atoms with Crippen LogP contribution >= 0.6 is 8.35 Å². The van der Waals surface area contributed by atoms with Gasteiger partial charge >= 0.3 is 7.12 Å². The second kappa shape index (κ2) is 4.51. The minimum atomic E-state index is -0.236. The number of hydrogen-bond donors (Lipinski definition) is 0. The maximum atomic E-state index is 6.05. The van der Waals surface area contributed by atoms with Gasteiger partial charge in [0.05, 0.1) is 11.2 Å². The van der Waals surface area contributed by atoms with Crippen molar-refractivity contribution in [1.29, 1.82) is 0 Å². The molecule has 17 heavy (non-hydrogen) atoms. The molecule has 0 aromatic carbocycles. The van der Waals surface area contributed by atoms with Gasteiger partial charge in [-0.1, -0.05) is 12.4 Å². The van der Waals surface area contributed by atoms with Crippen LogP contribution in [0, 0.1) is 0 Å². The molecule has 2 rings (SSSR count). The van der Waals surface area contributed by atoms with E-state index in [1.54, 1.807) is 0 Å². The Bertz CT molecular complexity index is 338. The van der Waals surface area contributed by atoms with E-state index >= 15 is 0 Å². The van der Waals surface area contributed by atoms with Gasteiger partial charge in [0.15, 0.2) is 0 Å². The van der Waals surface area contributed by atoms with E-state index in [0.29, 0.717) is 0 Å². The Morgan fingerprint density at radius 2 is 1.88 bits per heavy atom. The fourth-order valence-electron chi connectivity index (χ4n) is 2.01. The Morgan fingerprint density at radius 3 is 2.29 bits per heavy atom. The highest BCUT2D eigenvalue weighted by Crippen LogP contribution is 2.39. The molecule has 0 spiro atoms. The van der Waals surface area contributed by atoms with Crippen LogP contribution in [0.1, 0.15) is 34.1 Å². The van der Waals surface area contributed by atoms with Crippen molar-refractivity contribution >= 4 is 21.8 Å². The van der Waals surface area contributed by atoms with Crippen LogP contribution in [0.2, 0.25) is 0 Å². The van der Waals surface area contributed by atoms with Crippen molar-refractivity contribution in [1.82, 2.24) is 4.67 Å². The summed E-state index contributed by atoms with van der Waals surface area (Å²) in [4.78, 5) is 0. The third-order valence-corrected chi connectivity index (χ3v) is 4.74. The van der Waals surface area contributed by atoms with E-state index in [-0.39, 0.29) is 18.3 Å². The quantitative estimate of drug-likeness (QED) is 0.557. The van der Waals surface area contributed by atoms with E-state index in [2.05, 4.69) is 44.7 Å². The summed E-state index contributed by atoms with van der Waals surface area (Å²) >= 11 is 0. The Labute approximate surface area is 106 Å². The topological polar surface area (TPSA) is 21.7 Å². The van der Waals surface area contributed by atoms with Gasteiger partial charge in [0.25, 0.3) is 0 Å². The summed E-state index contributed by atoms with van der Waals surface area (Å²) in [5.41, 5.74) is 0.809. The molecule has 1 saturated heterocycles. The van der Waals surface area contributed by atoms with Gasteiger partial charge in [-0.3, -0.25) is 4.67 Å². The molecule has 0 bridgehead atoms. The van der Waals surface area contributed by atoms with Gasteiger partial charge in [0.2, 0.25) is 0 Å². The Kier molecular flexibility index (Phi) is 3.53. The zero-order valence-electron chi connectivity index (χ0n) is 11.2. The van der Waals surface area contributed by atoms with E-state index in [0.717, 1.165) is 27.9 Å². The van der Waals surface area contributed by atoms with Crippen molar-refractivity contribution in [2.75, 3.05) is 13.1 Å². The Morgan fingerprint density at radius 1 is 1.29 bits per heavy atom. The lowest BCUT2D eigenvalue weighted by Gasteiger charge is -2.32. The van der Waals surface area contributed by atoms with Gasteiger partial charge in [-0.05, 0) is 47.9 Å². The third-order valence-electron chi connectivity index (χ3n) is 3.98. The van der Waals surface area contributed by atoms with Crippen molar-refractivity contribution in [2.45, 2.75) is 45.3 Å². The second-order valence-corrected chi connectivity index (χ2v) is 6.52. The average molecular weight is 253 g/mol. The second-order valence-electron chi connectivity index (χ2n) is 5.67. The van der Waals surface area contributed by atoms with Crippen LogP contribution in [-0.4, -0.2) is 42.4 Å². The molecule has 0 aromatic rings. The molecule has 5 heteroatoms. The first-order valence-electron chi connectivity index (χ1n) is 6.12. The van der Waals surface area contributed by atoms with Gasteiger partial charge in [-0.15, -0.1) is 0 Å². The molecule has 2 aliphatic heterocycles. The SMILES string of the molecule is C=PN1CC=C(B2OC(C)(C)C(C)(C)O2)CC1. The van der Waals surface area contributed by atoms with Crippen LogP contribution in [0.3, 0.4) is 0 Å². The summed E-state index contributed by atoms with van der Waals surface area (Å²) in [5, 5.41) is 0. The van der Waals surface area contributed by atoms with Gasteiger partial charge in [-0.25, -0.2) is 0 Å². The number of nitrogens with zero attached hydrogens (tertiary/aromatic N) is 1. The minimum absolute atomic E-state index is 0.163. The third kappa shape index (κ3) is 2.51. The highest BCUT2D eigenvalue weighted by Gasteiger charge is 2.52. The van der Waals surface area contributed by atoms with Gasteiger partial charge < -0.3 is 9.31 Å². The monoisotopic (exact) mass is 253 g/mol. The molecule has 3 nitrogen and oxygen atoms in total. The maximum Gasteiger partial charge on any atom is 0.490 e. The lowest BCUT2D eigenvalue weighted by atomic mass is 9.75. The lowest BCUT2D eigenvalue weighted by molar-refractivity contribution is 0.00578. The van der Waals surface area contributed by atoms with Gasteiger partial charge in [0.1, 0.15) is 0 Å². The standard InChI is InChI=1S/C12H21BNO2P/c1-11(2)12(3,4)16-13(15-11)10-6-8-14(17-5)9-7-10/h6H,5,7-9H2,1-4H3. The molecular weight excluding hydrogens is 232 g/mol. The molecule has 0 aromatic heterocycles. The summed E-state index contributed by atoms with van der Waals surface area (Å²) in [7, 11) is 0.931. The van der Waals surface area contributed by atoms with E-state index in [1.807, 2.05) is 0 Å². The molecule has 0 unspecified atom stereocenters. The highest BCUT2D eigenvalue weighted by atomic mass is 31.1. The van der Waals surface area contributed by atoms with Crippen LogP contribution in [0.15, 0.2) is 11.5 Å².